The van der Waals surface area contributed by atoms with Crippen molar-refractivity contribution in [2.24, 2.45) is 0 Å². The van der Waals surface area contributed by atoms with Crippen molar-refractivity contribution in [1.29, 1.82) is 0 Å². The third-order valence-corrected chi connectivity index (χ3v) is 2.82. The van der Waals surface area contributed by atoms with Crippen LogP contribution in [0.15, 0.2) is 4.52 Å². The van der Waals surface area contributed by atoms with Crippen LogP contribution < -0.4 is 5.32 Å². The average Bonchev–Trinajstić information content (AvgIpc) is 2.54. The van der Waals surface area contributed by atoms with Crippen LogP contribution in [0.5, 0.6) is 0 Å². The summed E-state index contributed by atoms with van der Waals surface area (Å²) < 4.78 is 5.07. The molecule has 12 heavy (non-hydrogen) atoms. The molecule has 0 saturated carbocycles. The number of hydrogen-bond donors (Lipinski definition) is 1. The molecule has 4 nitrogen and oxygen atoms in total. The van der Waals surface area contributed by atoms with E-state index in [-0.39, 0.29) is 6.04 Å². The largest absolute Gasteiger partial charge is 0.338 e. The maximum absolute atomic E-state index is 5.07. The molecule has 2 rings (SSSR count). The lowest BCUT2D eigenvalue weighted by atomic mass is 10.3. The lowest BCUT2D eigenvalue weighted by Crippen LogP contribution is -2.30. The fourth-order valence-electron chi connectivity index (χ4n) is 1.18. The molecule has 0 amide bonds. The van der Waals surface area contributed by atoms with Gasteiger partial charge in [-0.3, -0.25) is 0 Å². The second kappa shape index (κ2) is 3.45. The van der Waals surface area contributed by atoms with E-state index in [4.69, 9.17) is 4.52 Å². The van der Waals surface area contributed by atoms with E-state index in [0.717, 1.165) is 18.2 Å². The molecule has 1 unspecified atom stereocenters. The lowest BCUT2D eigenvalue weighted by molar-refractivity contribution is 0.340. The summed E-state index contributed by atoms with van der Waals surface area (Å²) in [5, 5.41) is 7.09. The maximum atomic E-state index is 5.07. The molecular formula is C7H11N3OS. The zero-order valence-electron chi connectivity index (χ0n) is 6.91. The van der Waals surface area contributed by atoms with Gasteiger partial charge in [0.05, 0.1) is 6.04 Å². The molecule has 0 spiro atoms. The summed E-state index contributed by atoms with van der Waals surface area (Å²) in [7, 11) is 0. The second-order valence-corrected chi connectivity index (χ2v) is 3.91. The Morgan fingerprint density at radius 3 is 3.17 bits per heavy atom. The zero-order valence-corrected chi connectivity index (χ0v) is 7.73. The first-order valence-electron chi connectivity index (χ1n) is 3.97. The van der Waals surface area contributed by atoms with Crippen LogP contribution in [0.2, 0.25) is 0 Å². The Bertz CT molecular complexity index is 257. The highest BCUT2D eigenvalue weighted by atomic mass is 32.2. The Morgan fingerprint density at radius 2 is 2.58 bits per heavy atom. The summed E-state index contributed by atoms with van der Waals surface area (Å²) in [4.78, 5) is 4.18. The van der Waals surface area contributed by atoms with Crippen LogP contribution in [0.3, 0.4) is 0 Å². The Hall–Kier alpha value is -0.550. The number of hydrogen-bond acceptors (Lipinski definition) is 5. The molecule has 1 aliphatic heterocycles. The molecule has 1 fully saturated rings. The van der Waals surface area contributed by atoms with Crippen LogP contribution in [0, 0.1) is 6.92 Å². The number of thioether (sulfide) groups is 1. The van der Waals surface area contributed by atoms with Gasteiger partial charge in [-0.05, 0) is 6.92 Å². The van der Waals surface area contributed by atoms with Crippen molar-refractivity contribution in [3.8, 4) is 0 Å². The van der Waals surface area contributed by atoms with Crippen LogP contribution in [0.1, 0.15) is 17.8 Å². The van der Waals surface area contributed by atoms with Crippen molar-refractivity contribution in [1.82, 2.24) is 15.5 Å². The molecule has 2 heterocycles. The summed E-state index contributed by atoms with van der Waals surface area (Å²) in [5.74, 6) is 3.63. The van der Waals surface area contributed by atoms with Crippen LogP contribution in [0.4, 0.5) is 0 Å². The number of aromatic nitrogens is 2. The minimum Gasteiger partial charge on any atom is -0.338 e. The van der Waals surface area contributed by atoms with Gasteiger partial charge in [-0.1, -0.05) is 5.16 Å². The maximum Gasteiger partial charge on any atom is 0.244 e. The lowest BCUT2D eigenvalue weighted by Gasteiger charge is -2.19. The molecule has 1 aromatic heterocycles. The first-order valence-corrected chi connectivity index (χ1v) is 5.13. The molecule has 1 N–H and O–H groups in total. The molecule has 1 aliphatic rings. The topological polar surface area (TPSA) is 51.0 Å². The van der Waals surface area contributed by atoms with Crippen molar-refractivity contribution >= 4 is 11.8 Å². The molecule has 0 aromatic carbocycles. The van der Waals surface area contributed by atoms with Gasteiger partial charge in [-0.2, -0.15) is 16.7 Å². The van der Waals surface area contributed by atoms with Crippen LogP contribution >= 0.6 is 11.8 Å². The van der Waals surface area contributed by atoms with E-state index < -0.39 is 0 Å². The number of rotatable bonds is 1. The standard InChI is InChI=1S/C7H11N3OS/c1-5-9-7(11-10-5)6-4-12-3-2-8-6/h6,8H,2-4H2,1H3. The van der Waals surface area contributed by atoms with Gasteiger partial charge in [0.25, 0.3) is 0 Å². The van der Waals surface area contributed by atoms with Crippen molar-refractivity contribution in [2.45, 2.75) is 13.0 Å². The average molecular weight is 185 g/mol. The third-order valence-electron chi connectivity index (χ3n) is 1.76. The van der Waals surface area contributed by atoms with Crippen LogP contribution in [-0.2, 0) is 0 Å². The Labute approximate surface area is 75.1 Å². The predicted octanol–water partition coefficient (Wildman–Crippen LogP) is 0.756. The van der Waals surface area contributed by atoms with E-state index in [1.807, 2.05) is 18.7 Å². The van der Waals surface area contributed by atoms with Gasteiger partial charge in [0, 0.05) is 18.1 Å². The normalized spacial score (nSPS) is 24.2. The fourth-order valence-corrected chi connectivity index (χ4v) is 2.10. The highest BCUT2D eigenvalue weighted by Crippen LogP contribution is 2.19. The molecular weight excluding hydrogens is 174 g/mol. The van der Waals surface area contributed by atoms with E-state index in [9.17, 15) is 0 Å². The summed E-state index contributed by atoms with van der Waals surface area (Å²) in [6.45, 7) is 2.86. The molecule has 1 aromatic rings. The van der Waals surface area contributed by atoms with Crippen molar-refractivity contribution < 1.29 is 4.52 Å². The number of nitrogens with one attached hydrogen (secondary N) is 1. The summed E-state index contributed by atoms with van der Waals surface area (Å²) in [6, 6.07) is 0.255. The van der Waals surface area contributed by atoms with Gasteiger partial charge >= 0.3 is 0 Å². The quantitative estimate of drug-likeness (QED) is 0.700. The van der Waals surface area contributed by atoms with Gasteiger partial charge in [-0.25, -0.2) is 0 Å². The first-order chi connectivity index (χ1) is 5.86. The van der Waals surface area contributed by atoms with Crippen LogP contribution in [-0.4, -0.2) is 28.2 Å². The smallest absolute Gasteiger partial charge is 0.244 e. The van der Waals surface area contributed by atoms with E-state index in [1.54, 1.807) is 0 Å². The van der Waals surface area contributed by atoms with Crippen molar-refractivity contribution in [3.63, 3.8) is 0 Å². The number of nitrogens with zero attached hydrogens (tertiary/aromatic N) is 2. The monoisotopic (exact) mass is 185 g/mol. The minimum absolute atomic E-state index is 0.255. The van der Waals surface area contributed by atoms with Crippen molar-refractivity contribution in [2.75, 3.05) is 18.1 Å². The Balaban J connectivity index is 2.08. The minimum atomic E-state index is 0.255. The molecule has 0 bridgehead atoms. The third kappa shape index (κ3) is 1.61. The highest BCUT2D eigenvalue weighted by molar-refractivity contribution is 7.99. The summed E-state index contributed by atoms with van der Waals surface area (Å²) in [5.41, 5.74) is 0. The summed E-state index contributed by atoms with van der Waals surface area (Å²) in [6.07, 6.45) is 0. The molecule has 1 atom stereocenters. The second-order valence-electron chi connectivity index (χ2n) is 2.76. The Kier molecular flexibility index (Phi) is 2.32. The van der Waals surface area contributed by atoms with Gasteiger partial charge in [0.15, 0.2) is 5.82 Å². The number of aryl methyl sites for hydroxylation is 1. The van der Waals surface area contributed by atoms with E-state index in [1.165, 1.54) is 5.75 Å². The van der Waals surface area contributed by atoms with Gasteiger partial charge < -0.3 is 9.84 Å². The molecule has 0 aliphatic carbocycles. The van der Waals surface area contributed by atoms with Gasteiger partial charge in [-0.15, -0.1) is 0 Å². The molecule has 0 radical (unpaired) electrons. The van der Waals surface area contributed by atoms with E-state index >= 15 is 0 Å². The van der Waals surface area contributed by atoms with E-state index in [2.05, 4.69) is 15.5 Å². The van der Waals surface area contributed by atoms with E-state index in [0.29, 0.717) is 5.82 Å². The fraction of sp³-hybridized carbons (Fsp3) is 0.714. The van der Waals surface area contributed by atoms with Gasteiger partial charge in [0.2, 0.25) is 5.89 Å². The molecule has 1 saturated heterocycles. The first kappa shape index (κ1) is 8.07. The predicted molar refractivity (Wildman–Crippen MR) is 47.1 cm³/mol. The SMILES string of the molecule is Cc1noc(C2CSCCN2)n1. The van der Waals surface area contributed by atoms with Crippen LogP contribution in [0.25, 0.3) is 0 Å². The Morgan fingerprint density at radius 1 is 1.67 bits per heavy atom. The zero-order chi connectivity index (χ0) is 8.39. The highest BCUT2D eigenvalue weighted by Gasteiger charge is 2.20. The summed E-state index contributed by atoms with van der Waals surface area (Å²) >= 11 is 1.92. The van der Waals surface area contributed by atoms with Gasteiger partial charge in [0.1, 0.15) is 0 Å². The van der Waals surface area contributed by atoms with Crippen molar-refractivity contribution in [3.05, 3.63) is 11.7 Å². The molecule has 66 valence electrons. The molecule has 5 heteroatoms.